The molecule has 2 aliphatic rings. The lowest BCUT2D eigenvalue weighted by molar-refractivity contribution is -0.118. The van der Waals surface area contributed by atoms with E-state index in [0.29, 0.717) is 30.2 Å². The fourth-order valence-electron chi connectivity index (χ4n) is 4.20. The first kappa shape index (κ1) is 20.4. The Morgan fingerprint density at radius 3 is 2.70 bits per heavy atom. The van der Waals surface area contributed by atoms with E-state index >= 15 is 0 Å². The van der Waals surface area contributed by atoms with E-state index in [1.54, 1.807) is 6.20 Å². The molecule has 0 aromatic carbocycles. The molecule has 4 rings (SSSR count). The van der Waals surface area contributed by atoms with Crippen molar-refractivity contribution in [3.05, 3.63) is 29.7 Å². The summed E-state index contributed by atoms with van der Waals surface area (Å²) in [6, 6.07) is 4.01. The van der Waals surface area contributed by atoms with Crippen LogP contribution in [0.2, 0.25) is 0 Å². The second-order valence-electron chi connectivity index (χ2n) is 8.75. The van der Waals surface area contributed by atoms with Crippen molar-refractivity contribution < 1.29 is 9.53 Å². The van der Waals surface area contributed by atoms with Gasteiger partial charge in [0, 0.05) is 18.8 Å². The normalized spacial score (nSPS) is 22.9. The number of aromatic nitrogens is 3. The molecule has 1 aliphatic heterocycles. The molecule has 1 saturated carbocycles. The number of hydrogen-bond donors (Lipinski definition) is 2. The fourth-order valence-corrected chi connectivity index (χ4v) is 4.20. The highest BCUT2D eigenvalue weighted by molar-refractivity contribution is 6.03. The summed E-state index contributed by atoms with van der Waals surface area (Å²) < 4.78 is 5.85. The van der Waals surface area contributed by atoms with Crippen LogP contribution in [-0.4, -0.2) is 46.6 Å². The van der Waals surface area contributed by atoms with Crippen molar-refractivity contribution in [2.45, 2.75) is 52.6 Å². The Morgan fingerprint density at radius 1 is 1.27 bits per heavy atom. The van der Waals surface area contributed by atoms with Crippen LogP contribution in [0.3, 0.4) is 0 Å². The topological polar surface area (TPSA) is 92.3 Å². The number of ether oxygens (including phenoxy) is 1. The average molecular weight is 411 g/mol. The number of fused-ring (bicyclic) bond motifs is 1. The van der Waals surface area contributed by atoms with Crippen LogP contribution in [0.1, 0.15) is 38.1 Å². The summed E-state index contributed by atoms with van der Waals surface area (Å²) in [6.07, 6.45) is 3.80. The Morgan fingerprint density at radius 2 is 2.03 bits per heavy atom. The minimum atomic E-state index is -0.235. The predicted molar refractivity (Wildman–Crippen MR) is 117 cm³/mol. The molecule has 1 unspecified atom stereocenters. The third kappa shape index (κ3) is 4.04. The number of amides is 1. The van der Waals surface area contributed by atoms with Gasteiger partial charge >= 0.3 is 0 Å². The lowest BCUT2D eigenvalue weighted by Crippen LogP contribution is -2.50. The molecule has 3 heterocycles. The summed E-state index contributed by atoms with van der Waals surface area (Å²) in [6.45, 7) is 8.65. The van der Waals surface area contributed by atoms with Gasteiger partial charge in [0.05, 0.1) is 18.5 Å². The maximum Gasteiger partial charge on any atom is 0.247 e. The summed E-state index contributed by atoms with van der Waals surface area (Å²) in [4.78, 5) is 28.0. The van der Waals surface area contributed by atoms with E-state index in [9.17, 15) is 4.79 Å². The minimum Gasteiger partial charge on any atom is -0.492 e. The number of nitrogens with one attached hydrogen (secondary N) is 2. The quantitative estimate of drug-likeness (QED) is 0.756. The molecule has 1 aliphatic carbocycles. The highest BCUT2D eigenvalue weighted by atomic mass is 16.5. The molecule has 1 atom stereocenters. The zero-order valence-electron chi connectivity index (χ0n) is 18.3. The van der Waals surface area contributed by atoms with Gasteiger partial charge in [-0.15, -0.1) is 0 Å². The Kier molecular flexibility index (Phi) is 5.49. The number of hydrogen-bond acceptors (Lipinski definition) is 7. The molecular weight excluding hydrogens is 380 g/mol. The zero-order valence-corrected chi connectivity index (χ0v) is 18.3. The summed E-state index contributed by atoms with van der Waals surface area (Å²) >= 11 is 0. The molecule has 0 bridgehead atoms. The second-order valence-corrected chi connectivity index (χ2v) is 8.75. The largest absolute Gasteiger partial charge is 0.492 e. The van der Waals surface area contributed by atoms with Crippen LogP contribution < -0.4 is 20.3 Å². The maximum atomic E-state index is 12.5. The van der Waals surface area contributed by atoms with Crippen LogP contribution in [0.4, 0.5) is 17.5 Å². The van der Waals surface area contributed by atoms with Crippen LogP contribution in [0.5, 0.6) is 5.75 Å². The smallest absolute Gasteiger partial charge is 0.247 e. The van der Waals surface area contributed by atoms with E-state index in [2.05, 4.69) is 20.6 Å². The first-order valence-corrected chi connectivity index (χ1v) is 10.6. The van der Waals surface area contributed by atoms with Crippen LogP contribution in [0.15, 0.2) is 18.3 Å². The number of pyridine rings is 1. The molecule has 30 heavy (non-hydrogen) atoms. The summed E-state index contributed by atoms with van der Waals surface area (Å²) in [5, 5.41) is 6.44. The number of carbonyl (C=O) groups is 1. The molecule has 2 aromatic rings. The SMILES string of the molecule is Cc1ccc(OCC2CC(Nc3nc(C)c4c(n3)N(C)C(C(C)C)C(=O)N4)C2)cn1. The number of rotatable bonds is 6. The Balaban J connectivity index is 1.36. The standard InChI is InChI=1S/C22H30N6O2/c1-12(2)19-21(29)26-18-14(4)24-22(27-20(18)28(19)5)25-16-8-15(9-16)11-30-17-7-6-13(3)23-10-17/h6-7,10,12,15-16,19H,8-9,11H2,1-5H3,(H,26,29)(H,24,25,27). The molecule has 0 spiro atoms. The van der Waals surface area contributed by atoms with Gasteiger partial charge in [-0.05, 0) is 50.7 Å². The summed E-state index contributed by atoms with van der Waals surface area (Å²) in [7, 11) is 1.93. The van der Waals surface area contributed by atoms with Crippen LogP contribution in [0.25, 0.3) is 0 Å². The van der Waals surface area contributed by atoms with Crippen molar-refractivity contribution in [1.29, 1.82) is 0 Å². The van der Waals surface area contributed by atoms with Gasteiger partial charge in [-0.3, -0.25) is 9.78 Å². The fraction of sp³-hybridized carbons (Fsp3) is 0.545. The first-order valence-electron chi connectivity index (χ1n) is 10.6. The monoisotopic (exact) mass is 410 g/mol. The van der Waals surface area contributed by atoms with Gasteiger partial charge in [0.2, 0.25) is 11.9 Å². The molecule has 2 aromatic heterocycles. The molecular formula is C22H30N6O2. The van der Waals surface area contributed by atoms with Crippen molar-refractivity contribution >= 4 is 23.4 Å². The second kappa shape index (κ2) is 8.08. The van der Waals surface area contributed by atoms with E-state index in [1.165, 1.54) is 0 Å². The molecule has 0 radical (unpaired) electrons. The Hall–Kier alpha value is -2.90. The van der Waals surface area contributed by atoms with E-state index in [-0.39, 0.29) is 17.9 Å². The lowest BCUT2D eigenvalue weighted by Gasteiger charge is -2.38. The van der Waals surface area contributed by atoms with Gasteiger partial charge in [0.25, 0.3) is 0 Å². The zero-order chi connectivity index (χ0) is 21.4. The third-order valence-electron chi connectivity index (χ3n) is 5.91. The number of likely N-dealkylation sites (N-methyl/N-ethyl adjacent to an activating group) is 1. The third-order valence-corrected chi connectivity index (χ3v) is 5.91. The molecule has 0 saturated heterocycles. The summed E-state index contributed by atoms with van der Waals surface area (Å²) in [5.74, 6) is 2.90. The van der Waals surface area contributed by atoms with Crippen molar-refractivity contribution in [1.82, 2.24) is 15.0 Å². The van der Waals surface area contributed by atoms with Gasteiger partial charge in [0.1, 0.15) is 17.5 Å². The number of nitrogens with zero attached hydrogens (tertiary/aromatic N) is 4. The number of aryl methyl sites for hydroxylation is 2. The number of anilines is 3. The molecule has 8 heteroatoms. The van der Waals surface area contributed by atoms with Gasteiger partial charge in [-0.1, -0.05) is 13.8 Å². The first-order chi connectivity index (χ1) is 14.3. The highest BCUT2D eigenvalue weighted by Gasteiger charge is 2.36. The Labute approximate surface area is 177 Å². The lowest BCUT2D eigenvalue weighted by atomic mass is 9.81. The van der Waals surface area contributed by atoms with E-state index in [1.807, 2.05) is 51.8 Å². The Bertz CT molecular complexity index is 924. The van der Waals surface area contributed by atoms with Gasteiger partial charge < -0.3 is 20.3 Å². The van der Waals surface area contributed by atoms with Crippen molar-refractivity contribution in [3.8, 4) is 5.75 Å². The maximum absolute atomic E-state index is 12.5. The van der Waals surface area contributed by atoms with Crippen LogP contribution in [0, 0.1) is 25.7 Å². The molecule has 8 nitrogen and oxygen atoms in total. The average Bonchev–Trinajstić information content (AvgIpc) is 2.65. The summed E-state index contributed by atoms with van der Waals surface area (Å²) in [5.41, 5.74) is 2.47. The van der Waals surface area contributed by atoms with Crippen LogP contribution in [-0.2, 0) is 4.79 Å². The number of carbonyl (C=O) groups excluding carboxylic acids is 1. The predicted octanol–water partition coefficient (Wildman–Crippen LogP) is 3.17. The minimum absolute atomic E-state index is 0.00183. The molecule has 1 amide bonds. The van der Waals surface area contributed by atoms with Gasteiger partial charge in [-0.2, -0.15) is 4.98 Å². The van der Waals surface area contributed by atoms with E-state index in [0.717, 1.165) is 35.8 Å². The molecule has 1 fully saturated rings. The molecule has 160 valence electrons. The highest BCUT2D eigenvalue weighted by Crippen LogP contribution is 2.35. The van der Waals surface area contributed by atoms with Crippen LogP contribution >= 0.6 is 0 Å². The van der Waals surface area contributed by atoms with Gasteiger partial charge in [-0.25, -0.2) is 4.98 Å². The van der Waals surface area contributed by atoms with Crippen molar-refractivity contribution in [2.24, 2.45) is 11.8 Å². The van der Waals surface area contributed by atoms with E-state index in [4.69, 9.17) is 9.72 Å². The van der Waals surface area contributed by atoms with Crippen molar-refractivity contribution in [2.75, 3.05) is 29.2 Å². The van der Waals surface area contributed by atoms with E-state index < -0.39 is 0 Å². The van der Waals surface area contributed by atoms with Crippen molar-refractivity contribution in [3.63, 3.8) is 0 Å². The van der Waals surface area contributed by atoms with Gasteiger partial charge in [0.15, 0.2) is 5.82 Å². The molecule has 2 N–H and O–H groups in total.